The van der Waals surface area contributed by atoms with E-state index in [2.05, 4.69) is 0 Å². The normalized spacial score (nSPS) is 25.2. The van der Waals surface area contributed by atoms with Gasteiger partial charge >= 0.3 is 6.18 Å². The number of hydrogen-bond donors (Lipinski definition) is 1. The fraction of sp³-hybridized carbons (Fsp3) is 0.571. The Hall–Kier alpha value is -1.23. The van der Waals surface area contributed by atoms with Crippen molar-refractivity contribution in [2.24, 2.45) is 5.41 Å². The largest absolute Gasteiger partial charge is 0.497 e. The summed E-state index contributed by atoms with van der Waals surface area (Å²) in [4.78, 5) is 0. The fourth-order valence-corrected chi connectivity index (χ4v) is 2.83. The highest BCUT2D eigenvalue weighted by atomic mass is 19.4. The van der Waals surface area contributed by atoms with Crippen LogP contribution in [0.5, 0.6) is 5.75 Å². The maximum Gasteiger partial charge on any atom is 0.416 e. The van der Waals surface area contributed by atoms with Gasteiger partial charge in [-0.1, -0.05) is 19.9 Å². The number of alkyl halides is 3. The van der Waals surface area contributed by atoms with E-state index in [-0.39, 0.29) is 23.3 Å². The van der Waals surface area contributed by atoms with Crippen LogP contribution in [-0.2, 0) is 11.6 Å². The van der Waals surface area contributed by atoms with Crippen molar-refractivity contribution in [2.45, 2.75) is 31.9 Å². The third kappa shape index (κ3) is 2.10. The van der Waals surface area contributed by atoms with Crippen LogP contribution in [0.25, 0.3) is 0 Å². The number of halogens is 3. The Morgan fingerprint density at radius 2 is 1.89 bits per heavy atom. The Morgan fingerprint density at radius 3 is 2.26 bits per heavy atom. The van der Waals surface area contributed by atoms with Gasteiger partial charge in [-0.2, -0.15) is 13.2 Å². The van der Waals surface area contributed by atoms with Crippen molar-refractivity contribution in [3.8, 4) is 5.75 Å². The van der Waals surface area contributed by atoms with E-state index in [9.17, 15) is 18.3 Å². The lowest BCUT2D eigenvalue weighted by atomic mass is 9.85. The molecular formula is C14H17F3O2. The summed E-state index contributed by atoms with van der Waals surface area (Å²) in [5.41, 5.74) is -1.68. The lowest BCUT2D eigenvalue weighted by Gasteiger charge is -2.23. The zero-order chi connectivity index (χ0) is 14.5. The van der Waals surface area contributed by atoms with E-state index in [0.717, 1.165) is 6.07 Å². The molecule has 1 saturated carbocycles. The number of ether oxygens (including phenoxy) is 1. The molecule has 106 valence electrons. The van der Waals surface area contributed by atoms with Crippen molar-refractivity contribution < 1.29 is 23.0 Å². The van der Waals surface area contributed by atoms with Crippen molar-refractivity contribution >= 4 is 0 Å². The number of rotatable bonds is 3. The predicted molar refractivity (Wildman–Crippen MR) is 65.2 cm³/mol. The Kier molecular flexibility index (Phi) is 3.08. The molecule has 0 spiro atoms. The fourth-order valence-electron chi connectivity index (χ4n) is 2.83. The van der Waals surface area contributed by atoms with Gasteiger partial charge in [0, 0.05) is 5.41 Å². The minimum absolute atomic E-state index is 0.160. The van der Waals surface area contributed by atoms with Crippen LogP contribution in [0, 0.1) is 5.41 Å². The van der Waals surface area contributed by atoms with Crippen molar-refractivity contribution in [1.29, 1.82) is 0 Å². The maximum atomic E-state index is 13.2. The Bertz CT molecular complexity index is 494. The molecule has 1 N–H and O–H groups in total. The average Bonchev–Trinajstić information content (AvgIpc) is 2.91. The summed E-state index contributed by atoms with van der Waals surface area (Å²) in [5, 5.41) is 9.56. The van der Waals surface area contributed by atoms with Crippen LogP contribution in [0.3, 0.4) is 0 Å². The van der Waals surface area contributed by atoms with E-state index in [0.29, 0.717) is 6.42 Å². The van der Waals surface area contributed by atoms with E-state index in [1.807, 2.05) is 13.8 Å². The molecule has 1 aliphatic rings. The predicted octanol–water partition coefficient (Wildman–Crippen LogP) is 3.37. The number of aliphatic hydroxyl groups is 1. The molecule has 0 heterocycles. The maximum absolute atomic E-state index is 13.2. The van der Waals surface area contributed by atoms with Crippen molar-refractivity contribution in [3.05, 3.63) is 29.3 Å². The second kappa shape index (κ2) is 4.13. The lowest BCUT2D eigenvalue weighted by Crippen LogP contribution is -2.24. The van der Waals surface area contributed by atoms with Gasteiger partial charge in [0.2, 0.25) is 0 Å². The molecule has 19 heavy (non-hydrogen) atoms. The first-order valence-electron chi connectivity index (χ1n) is 6.04. The van der Waals surface area contributed by atoms with Crippen LogP contribution in [0.1, 0.15) is 31.4 Å². The van der Waals surface area contributed by atoms with Gasteiger partial charge in [0.25, 0.3) is 0 Å². The molecule has 1 fully saturated rings. The summed E-state index contributed by atoms with van der Waals surface area (Å²) in [6, 6.07) is 3.93. The Labute approximate surface area is 110 Å². The quantitative estimate of drug-likeness (QED) is 0.915. The molecule has 5 heteroatoms. The van der Waals surface area contributed by atoms with E-state index >= 15 is 0 Å². The Balaban J connectivity index is 2.58. The number of methoxy groups -OCH3 is 1. The second-order valence-electron chi connectivity index (χ2n) is 5.71. The zero-order valence-corrected chi connectivity index (χ0v) is 11.1. The van der Waals surface area contributed by atoms with Gasteiger partial charge in [-0.25, -0.2) is 0 Å². The van der Waals surface area contributed by atoms with Gasteiger partial charge in [0.05, 0.1) is 19.3 Å². The minimum Gasteiger partial charge on any atom is -0.497 e. The molecule has 1 aliphatic carbocycles. The number of hydrogen-bond acceptors (Lipinski definition) is 2. The summed E-state index contributed by atoms with van der Waals surface area (Å²) in [6.45, 7) is 3.45. The molecule has 0 aromatic heterocycles. The summed E-state index contributed by atoms with van der Waals surface area (Å²) in [5.74, 6) is 0.169. The summed E-state index contributed by atoms with van der Waals surface area (Å²) < 4.78 is 44.4. The summed E-state index contributed by atoms with van der Waals surface area (Å²) in [7, 11) is 1.33. The highest BCUT2D eigenvalue weighted by molar-refractivity contribution is 5.47. The molecule has 0 bridgehead atoms. The van der Waals surface area contributed by atoms with Crippen LogP contribution in [-0.4, -0.2) is 18.8 Å². The molecule has 1 atom stereocenters. The third-order valence-electron chi connectivity index (χ3n) is 4.23. The summed E-state index contributed by atoms with van der Waals surface area (Å²) >= 11 is 0. The first-order chi connectivity index (χ1) is 8.68. The average molecular weight is 274 g/mol. The Morgan fingerprint density at radius 1 is 1.32 bits per heavy atom. The van der Waals surface area contributed by atoms with Crippen LogP contribution < -0.4 is 4.74 Å². The standard InChI is InChI=1S/C14H17F3O2/c1-12(2)7-13(12,8-18)10-5-4-9(19-3)6-11(10)14(15,16)17/h4-6,18H,7-8H2,1-3H3. The molecule has 1 aromatic carbocycles. The van der Waals surface area contributed by atoms with Gasteiger partial charge in [-0.05, 0) is 29.5 Å². The van der Waals surface area contributed by atoms with E-state index in [1.54, 1.807) is 0 Å². The lowest BCUT2D eigenvalue weighted by molar-refractivity contribution is -0.138. The number of aliphatic hydroxyl groups excluding tert-OH is 1. The number of benzene rings is 1. The second-order valence-corrected chi connectivity index (χ2v) is 5.71. The van der Waals surface area contributed by atoms with Crippen LogP contribution >= 0.6 is 0 Å². The van der Waals surface area contributed by atoms with Crippen LogP contribution in [0.2, 0.25) is 0 Å². The monoisotopic (exact) mass is 274 g/mol. The van der Waals surface area contributed by atoms with Gasteiger partial charge in [-0.15, -0.1) is 0 Å². The minimum atomic E-state index is -4.45. The SMILES string of the molecule is COc1ccc(C2(CO)CC2(C)C)c(C(F)(F)F)c1. The van der Waals surface area contributed by atoms with Crippen LogP contribution in [0.4, 0.5) is 13.2 Å². The van der Waals surface area contributed by atoms with Gasteiger partial charge in [0.1, 0.15) is 5.75 Å². The molecule has 2 nitrogen and oxygen atoms in total. The van der Waals surface area contributed by atoms with E-state index in [4.69, 9.17) is 4.74 Å². The van der Waals surface area contributed by atoms with E-state index in [1.165, 1.54) is 19.2 Å². The zero-order valence-electron chi connectivity index (χ0n) is 11.1. The van der Waals surface area contributed by atoms with Gasteiger partial charge in [-0.3, -0.25) is 0 Å². The first kappa shape index (κ1) is 14.2. The summed E-state index contributed by atoms with van der Waals surface area (Å²) in [6.07, 6.45) is -3.91. The topological polar surface area (TPSA) is 29.5 Å². The van der Waals surface area contributed by atoms with Gasteiger partial charge in [0.15, 0.2) is 0 Å². The van der Waals surface area contributed by atoms with Crippen LogP contribution in [0.15, 0.2) is 18.2 Å². The molecule has 2 rings (SSSR count). The van der Waals surface area contributed by atoms with Crippen molar-refractivity contribution in [2.75, 3.05) is 13.7 Å². The highest BCUT2D eigenvalue weighted by Gasteiger charge is 2.63. The van der Waals surface area contributed by atoms with E-state index < -0.39 is 17.2 Å². The highest BCUT2D eigenvalue weighted by Crippen LogP contribution is 2.65. The molecule has 0 aliphatic heterocycles. The molecule has 1 unspecified atom stereocenters. The first-order valence-corrected chi connectivity index (χ1v) is 6.04. The third-order valence-corrected chi connectivity index (χ3v) is 4.23. The smallest absolute Gasteiger partial charge is 0.416 e. The van der Waals surface area contributed by atoms with Crippen molar-refractivity contribution in [3.63, 3.8) is 0 Å². The molecule has 1 aromatic rings. The molecule has 0 radical (unpaired) electrons. The van der Waals surface area contributed by atoms with Crippen molar-refractivity contribution in [1.82, 2.24) is 0 Å². The molecular weight excluding hydrogens is 257 g/mol. The molecule has 0 amide bonds. The molecule has 0 saturated heterocycles. The van der Waals surface area contributed by atoms with Gasteiger partial charge < -0.3 is 9.84 Å².